The number of carboxylic acids is 1. The van der Waals surface area contributed by atoms with Gasteiger partial charge in [-0.1, -0.05) is 0 Å². The Morgan fingerprint density at radius 1 is 1.31 bits per heavy atom. The second-order valence-corrected chi connectivity index (χ2v) is 5.49. The molecule has 0 aromatic heterocycles. The minimum atomic E-state index is -0.649. The summed E-state index contributed by atoms with van der Waals surface area (Å²) in [7, 11) is 0. The molecule has 0 unspecified atom stereocenters. The molecule has 1 fully saturated rings. The Morgan fingerprint density at radius 3 is 2.31 bits per heavy atom. The molecular formula is C12H23NO3. The summed E-state index contributed by atoms with van der Waals surface area (Å²) >= 11 is 0. The number of rotatable bonds is 4. The molecule has 1 aliphatic carbocycles. The first-order valence-corrected chi connectivity index (χ1v) is 5.98. The van der Waals surface area contributed by atoms with Gasteiger partial charge in [0, 0.05) is 6.04 Å². The van der Waals surface area contributed by atoms with Gasteiger partial charge in [-0.3, -0.25) is 10.1 Å². The number of ether oxygens (including phenoxy) is 1. The van der Waals surface area contributed by atoms with Crippen LogP contribution < -0.4 is 5.32 Å². The van der Waals surface area contributed by atoms with E-state index in [0.29, 0.717) is 12.8 Å². The van der Waals surface area contributed by atoms with Gasteiger partial charge in [0.2, 0.25) is 0 Å². The van der Waals surface area contributed by atoms with Crippen LogP contribution in [0.3, 0.4) is 0 Å². The van der Waals surface area contributed by atoms with Crippen LogP contribution in [0.5, 0.6) is 0 Å². The third-order valence-corrected chi connectivity index (χ3v) is 2.95. The molecule has 4 nitrogen and oxygen atoms in total. The lowest BCUT2D eigenvalue weighted by atomic mass is 9.86. The molecule has 0 spiro atoms. The summed E-state index contributed by atoms with van der Waals surface area (Å²) in [6.45, 7) is 6.62. The van der Waals surface area contributed by atoms with E-state index in [1.807, 2.05) is 20.8 Å². The Bertz CT molecular complexity index is 227. The highest BCUT2D eigenvalue weighted by molar-refractivity contribution is 5.70. The lowest BCUT2D eigenvalue weighted by Gasteiger charge is -2.28. The van der Waals surface area contributed by atoms with E-state index in [2.05, 4.69) is 5.32 Å². The number of carboxylic acid groups (broad SMARTS) is 1. The van der Waals surface area contributed by atoms with Crippen molar-refractivity contribution in [3.8, 4) is 0 Å². The maximum absolute atomic E-state index is 10.8. The third kappa shape index (κ3) is 4.94. The summed E-state index contributed by atoms with van der Waals surface area (Å²) in [6, 6.07) is 0.415. The zero-order chi connectivity index (χ0) is 12.2. The smallest absolute Gasteiger partial charge is 0.306 e. The molecule has 2 N–H and O–H groups in total. The van der Waals surface area contributed by atoms with Gasteiger partial charge in [-0.25, -0.2) is 0 Å². The van der Waals surface area contributed by atoms with E-state index >= 15 is 0 Å². The first-order valence-electron chi connectivity index (χ1n) is 5.98. The molecule has 94 valence electrons. The van der Waals surface area contributed by atoms with Crippen LogP contribution in [-0.4, -0.2) is 29.4 Å². The quantitative estimate of drug-likeness (QED) is 0.724. The minimum absolute atomic E-state index is 0.120. The zero-order valence-corrected chi connectivity index (χ0v) is 10.5. The molecule has 1 rings (SSSR count). The topological polar surface area (TPSA) is 58.6 Å². The van der Waals surface area contributed by atoms with E-state index in [1.54, 1.807) is 0 Å². The average Bonchev–Trinajstić information content (AvgIpc) is 2.16. The van der Waals surface area contributed by atoms with Crippen molar-refractivity contribution in [1.82, 2.24) is 5.32 Å². The van der Waals surface area contributed by atoms with Crippen LogP contribution >= 0.6 is 0 Å². The number of hydrogen-bond acceptors (Lipinski definition) is 3. The lowest BCUT2D eigenvalue weighted by Crippen LogP contribution is -2.38. The van der Waals surface area contributed by atoms with Crippen molar-refractivity contribution in [3.63, 3.8) is 0 Å². The molecule has 0 amide bonds. The van der Waals surface area contributed by atoms with E-state index < -0.39 is 5.97 Å². The maximum Gasteiger partial charge on any atom is 0.306 e. The van der Waals surface area contributed by atoms with Crippen molar-refractivity contribution >= 4 is 5.97 Å². The first kappa shape index (κ1) is 13.5. The molecule has 0 bridgehead atoms. The fraction of sp³-hybridized carbons (Fsp3) is 0.917. The van der Waals surface area contributed by atoms with Crippen LogP contribution in [0.15, 0.2) is 0 Å². The molecular weight excluding hydrogens is 206 g/mol. The molecule has 0 aliphatic heterocycles. The van der Waals surface area contributed by atoms with Crippen LogP contribution in [0.4, 0.5) is 0 Å². The van der Waals surface area contributed by atoms with E-state index in [0.717, 1.165) is 25.7 Å². The van der Waals surface area contributed by atoms with Crippen molar-refractivity contribution in [2.75, 3.05) is 6.73 Å². The predicted octanol–water partition coefficient (Wildman–Crippen LogP) is 1.99. The van der Waals surface area contributed by atoms with E-state index in [1.165, 1.54) is 0 Å². The van der Waals surface area contributed by atoms with Gasteiger partial charge >= 0.3 is 5.97 Å². The van der Waals surface area contributed by atoms with Crippen LogP contribution in [0, 0.1) is 5.92 Å². The van der Waals surface area contributed by atoms with Crippen molar-refractivity contribution in [1.29, 1.82) is 0 Å². The summed E-state index contributed by atoms with van der Waals surface area (Å²) in [5.41, 5.74) is -0.120. The molecule has 0 heterocycles. The van der Waals surface area contributed by atoms with Crippen LogP contribution in [0.25, 0.3) is 0 Å². The van der Waals surface area contributed by atoms with Crippen LogP contribution in [0.2, 0.25) is 0 Å². The predicted molar refractivity (Wildman–Crippen MR) is 62.2 cm³/mol. The number of hydrogen-bond donors (Lipinski definition) is 2. The van der Waals surface area contributed by atoms with Crippen molar-refractivity contribution in [2.24, 2.45) is 5.92 Å². The Balaban J connectivity index is 2.15. The SMILES string of the molecule is CC(C)(C)OCNC1CCC(C(=O)O)CC1. The Morgan fingerprint density at radius 2 is 1.88 bits per heavy atom. The van der Waals surface area contributed by atoms with Crippen LogP contribution in [-0.2, 0) is 9.53 Å². The fourth-order valence-electron chi connectivity index (χ4n) is 1.92. The lowest BCUT2D eigenvalue weighted by molar-refractivity contribution is -0.142. The molecule has 4 heteroatoms. The Kier molecular flexibility index (Phi) is 4.74. The van der Waals surface area contributed by atoms with Crippen molar-refractivity contribution < 1.29 is 14.6 Å². The van der Waals surface area contributed by atoms with Crippen molar-refractivity contribution in [2.45, 2.75) is 58.1 Å². The van der Waals surface area contributed by atoms with Gasteiger partial charge in [-0.05, 0) is 46.5 Å². The normalized spacial score (nSPS) is 26.7. The van der Waals surface area contributed by atoms with E-state index in [9.17, 15) is 4.79 Å². The number of aliphatic carboxylic acids is 1. The van der Waals surface area contributed by atoms with Gasteiger partial charge in [0.15, 0.2) is 0 Å². The largest absolute Gasteiger partial charge is 0.481 e. The van der Waals surface area contributed by atoms with Gasteiger partial charge < -0.3 is 9.84 Å². The molecule has 0 aromatic rings. The highest BCUT2D eigenvalue weighted by Gasteiger charge is 2.25. The second-order valence-electron chi connectivity index (χ2n) is 5.49. The monoisotopic (exact) mass is 229 g/mol. The molecule has 0 radical (unpaired) electrons. The highest BCUT2D eigenvalue weighted by Crippen LogP contribution is 2.24. The Hall–Kier alpha value is -0.610. The minimum Gasteiger partial charge on any atom is -0.481 e. The molecule has 1 saturated carbocycles. The summed E-state index contributed by atoms with van der Waals surface area (Å²) in [6.07, 6.45) is 3.43. The Labute approximate surface area is 97.4 Å². The van der Waals surface area contributed by atoms with E-state index in [4.69, 9.17) is 9.84 Å². The molecule has 0 atom stereocenters. The summed E-state index contributed by atoms with van der Waals surface area (Å²) in [5, 5.41) is 12.2. The van der Waals surface area contributed by atoms with Gasteiger partial charge in [0.05, 0.1) is 18.2 Å². The van der Waals surface area contributed by atoms with Crippen LogP contribution in [0.1, 0.15) is 46.5 Å². The summed E-state index contributed by atoms with van der Waals surface area (Å²) in [5.74, 6) is -0.786. The summed E-state index contributed by atoms with van der Waals surface area (Å²) < 4.78 is 5.58. The maximum atomic E-state index is 10.8. The third-order valence-electron chi connectivity index (χ3n) is 2.95. The van der Waals surface area contributed by atoms with Gasteiger partial charge in [0.25, 0.3) is 0 Å². The zero-order valence-electron chi connectivity index (χ0n) is 10.5. The standard InChI is InChI=1S/C12H23NO3/c1-12(2,3)16-8-13-10-6-4-9(5-7-10)11(14)15/h9-10,13H,4-8H2,1-3H3,(H,14,15). The van der Waals surface area contributed by atoms with Gasteiger partial charge in [-0.15, -0.1) is 0 Å². The van der Waals surface area contributed by atoms with Gasteiger partial charge in [0.1, 0.15) is 0 Å². The second kappa shape index (κ2) is 5.64. The molecule has 0 aromatic carbocycles. The first-order chi connectivity index (χ1) is 7.38. The summed E-state index contributed by atoms with van der Waals surface area (Å²) in [4.78, 5) is 10.8. The molecule has 0 saturated heterocycles. The highest BCUT2D eigenvalue weighted by atomic mass is 16.5. The number of nitrogens with one attached hydrogen (secondary N) is 1. The molecule has 16 heavy (non-hydrogen) atoms. The molecule has 1 aliphatic rings. The van der Waals surface area contributed by atoms with E-state index in [-0.39, 0.29) is 11.5 Å². The fourth-order valence-corrected chi connectivity index (χ4v) is 1.92. The van der Waals surface area contributed by atoms with Crippen molar-refractivity contribution in [3.05, 3.63) is 0 Å². The van der Waals surface area contributed by atoms with Gasteiger partial charge in [-0.2, -0.15) is 0 Å². The average molecular weight is 229 g/mol. The number of carbonyl (C=O) groups is 1.